The maximum absolute atomic E-state index is 12.3. The van der Waals surface area contributed by atoms with E-state index in [9.17, 15) is 4.79 Å². The lowest BCUT2D eigenvalue weighted by molar-refractivity contribution is 0.0988. The first-order valence-corrected chi connectivity index (χ1v) is 7.12. The van der Waals surface area contributed by atoms with Crippen molar-refractivity contribution in [2.75, 3.05) is 11.9 Å². The minimum atomic E-state index is -0.0789. The zero-order valence-electron chi connectivity index (χ0n) is 10.4. The second-order valence-electron chi connectivity index (χ2n) is 4.05. The monoisotopic (exact) mass is 324 g/mol. The Morgan fingerprint density at radius 1 is 1.39 bits per heavy atom. The Bertz CT molecular complexity index is 594. The van der Waals surface area contributed by atoms with Gasteiger partial charge in [-0.15, -0.1) is 11.3 Å². The number of carbonyl (C=O) groups is 1. The van der Waals surface area contributed by atoms with Crippen LogP contribution < -0.4 is 4.90 Å². The van der Waals surface area contributed by atoms with Crippen molar-refractivity contribution >= 4 is 38.9 Å². The summed E-state index contributed by atoms with van der Waals surface area (Å²) in [5.41, 5.74) is 2.45. The molecule has 0 atom stereocenters. The van der Waals surface area contributed by atoms with Gasteiger partial charge in [-0.3, -0.25) is 4.79 Å². The van der Waals surface area contributed by atoms with Crippen LogP contribution in [0.1, 0.15) is 21.1 Å². The van der Waals surface area contributed by atoms with E-state index in [2.05, 4.69) is 20.9 Å². The normalized spacial score (nSPS) is 10.4. The molecule has 2 aromatic rings. The Kier molecular flexibility index (Phi) is 3.82. The quantitative estimate of drug-likeness (QED) is 0.841. The van der Waals surface area contributed by atoms with Gasteiger partial charge in [0.25, 0.3) is 5.91 Å². The van der Waals surface area contributed by atoms with Crippen molar-refractivity contribution in [2.45, 2.75) is 13.8 Å². The highest BCUT2D eigenvalue weighted by molar-refractivity contribution is 9.10. The Morgan fingerprint density at radius 2 is 2.11 bits per heavy atom. The van der Waals surface area contributed by atoms with Crippen molar-refractivity contribution in [1.82, 2.24) is 4.98 Å². The first-order valence-electron chi connectivity index (χ1n) is 5.45. The topological polar surface area (TPSA) is 33.2 Å². The van der Waals surface area contributed by atoms with E-state index in [1.165, 1.54) is 11.3 Å². The third-order valence-corrected chi connectivity index (χ3v) is 3.93. The number of anilines is 1. The van der Waals surface area contributed by atoms with Gasteiger partial charge in [-0.1, -0.05) is 15.9 Å². The van der Waals surface area contributed by atoms with Gasteiger partial charge >= 0.3 is 0 Å². The van der Waals surface area contributed by atoms with Gasteiger partial charge in [0.2, 0.25) is 0 Å². The number of aryl methyl sites for hydroxylation is 2. The van der Waals surface area contributed by atoms with E-state index in [0.29, 0.717) is 5.69 Å². The van der Waals surface area contributed by atoms with Crippen LogP contribution in [0.25, 0.3) is 0 Å². The largest absolute Gasteiger partial charge is 0.310 e. The molecule has 1 aromatic carbocycles. The van der Waals surface area contributed by atoms with E-state index >= 15 is 0 Å². The lowest BCUT2D eigenvalue weighted by Crippen LogP contribution is -2.27. The van der Waals surface area contributed by atoms with Gasteiger partial charge in [-0.2, -0.15) is 0 Å². The fourth-order valence-corrected chi connectivity index (χ4v) is 2.80. The number of halogens is 1. The van der Waals surface area contributed by atoms with Crippen LogP contribution in [0, 0.1) is 13.8 Å². The predicted octanol–water partition coefficient (Wildman–Crippen LogP) is 3.80. The van der Waals surface area contributed by atoms with E-state index in [-0.39, 0.29) is 5.91 Å². The molecule has 0 spiro atoms. The summed E-state index contributed by atoms with van der Waals surface area (Å²) in [5.74, 6) is -0.0789. The Hall–Kier alpha value is -1.20. The standard InChI is InChI=1S/C13H13BrN2OS/c1-8-6-10(14)4-5-12(8)16(3)13(17)11-7-18-9(2)15-11/h4-7H,1-3H3. The lowest BCUT2D eigenvalue weighted by atomic mass is 10.2. The summed E-state index contributed by atoms with van der Waals surface area (Å²) >= 11 is 4.90. The number of rotatable bonds is 2. The molecule has 0 fully saturated rings. The van der Waals surface area contributed by atoms with Crippen molar-refractivity contribution in [2.24, 2.45) is 0 Å². The number of hydrogen-bond donors (Lipinski definition) is 0. The summed E-state index contributed by atoms with van der Waals surface area (Å²) in [6, 6.07) is 5.85. The summed E-state index contributed by atoms with van der Waals surface area (Å²) in [6.45, 7) is 3.88. The summed E-state index contributed by atoms with van der Waals surface area (Å²) in [6.07, 6.45) is 0. The van der Waals surface area contributed by atoms with Crippen molar-refractivity contribution in [1.29, 1.82) is 0 Å². The van der Waals surface area contributed by atoms with Crippen LogP contribution >= 0.6 is 27.3 Å². The van der Waals surface area contributed by atoms with Gasteiger partial charge in [0, 0.05) is 22.6 Å². The fourth-order valence-electron chi connectivity index (χ4n) is 1.74. The summed E-state index contributed by atoms with van der Waals surface area (Å²) in [5, 5.41) is 2.70. The van der Waals surface area contributed by atoms with E-state index in [0.717, 1.165) is 20.7 Å². The molecule has 0 N–H and O–H groups in total. The number of nitrogens with zero attached hydrogens (tertiary/aromatic N) is 2. The molecule has 1 aromatic heterocycles. The van der Waals surface area contributed by atoms with Crippen LogP contribution in [-0.2, 0) is 0 Å². The fraction of sp³-hybridized carbons (Fsp3) is 0.231. The van der Waals surface area contributed by atoms with Gasteiger partial charge < -0.3 is 4.90 Å². The first-order chi connectivity index (χ1) is 8.49. The number of hydrogen-bond acceptors (Lipinski definition) is 3. The Morgan fingerprint density at radius 3 is 2.67 bits per heavy atom. The zero-order valence-corrected chi connectivity index (χ0v) is 12.8. The van der Waals surface area contributed by atoms with Crippen molar-refractivity contribution in [3.8, 4) is 0 Å². The molecule has 1 amide bonds. The number of carbonyl (C=O) groups excluding carboxylic acids is 1. The Labute approximate surface area is 119 Å². The molecule has 94 valence electrons. The van der Waals surface area contributed by atoms with Gasteiger partial charge in [0.05, 0.1) is 5.01 Å². The van der Waals surface area contributed by atoms with E-state index in [4.69, 9.17) is 0 Å². The molecule has 0 radical (unpaired) electrons. The molecule has 0 bridgehead atoms. The third kappa shape index (κ3) is 2.62. The molecular formula is C13H13BrN2OS. The molecule has 0 saturated carbocycles. The van der Waals surface area contributed by atoms with Crippen LogP contribution in [0.5, 0.6) is 0 Å². The van der Waals surface area contributed by atoms with E-state index in [1.807, 2.05) is 32.0 Å². The average Bonchev–Trinajstić information content (AvgIpc) is 2.74. The highest BCUT2D eigenvalue weighted by atomic mass is 79.9. The molecule has 0 aliphatic rings. The number of amides is 1. The van der Waals surface area contributed by atoms with Crippen LogP contribution in [0.15, 0.2) is 28.1 Å². The average molecular weight is 325 g/mol. The number of benzene rings is 1. The van der Waals surface area contributed by atoms with E-state index < -0.39 is 0 Å². The molecule has 2 rings (SSSR count). The molecule has 0 aliphatic heterocycles. The molecule has 0 unspecified atom stereocenters. The maximum atomic E-state index is 12.3. The smallest absolute Gasteiger partial charge is 0.277 e. The third-order valence-electron chi connectivity index (χ3n) is 2.66. The second-order valence-corrected chi connectivity index (χ2v) is 6.02. The highest BCUT2D eigenvalue weighted by Gasteiger charge is 2.17. The molecule has 18 heavy (non-hydrogen) atoms. The van der Waals surface area contributed by atoms with E-state index in [1.54, 1.807) is 17.3 Å². The van der Waals surface area contributed by atoms with Gasteiger partial charge in [-0.05, 0) is 37.6 Å². The van der Waals surface area contributed by atoms with Crippen molar-refractivity contribution in [3.05, 3.63) is 44.3 Å². The lowest BCUT2D eigenvalue weighted by Gasteiger charge is -2.18. The highest BCUT2D eigenvalue weighted by Crippen LogP contribution is 2.24. The van der Waals surface area contributed by atoms with Gasteiger partial charge in [0.15, 0.2) is 0 Å². The predicted molar refractivity (Wildman–Crippen MR) is 78.5 cm³/mol. The van der Waals surface area contributed by atoms with Crippen LogP contribution in [-0.4, -0.2) is 17.9 Å². The molecular weight excluding hydrogens is 312 g/mol. The van der Waals surface area contributed by atoms with Crippen LogP contribution in [0.2, 0.25) is 0 Å². The SMILES string of the molecule is Cc1nc(C(=O)N(C)c2ccc(Br)cc2C)cs1. The Balaban J connectivity index is 2.31. The number of thiazole rings is 1. The summed E-state index contributed by atoms with van der Waals surface area (Å²) in [4.78, 5) is 18.1. The summed E-state index contributed by atoms with van der Waals surface area (Å²) < 4.78 is 1.01. The molecule has 0 aliphatic carbocycles. The molecule has 1 heterocycles. The molecule has 0 saturated heterocycles. The molecule has 5 heteroatoms. The summed E-state index contributed by atoms with van der Waals surface area (Å²) in [7, 11) is 1.77. The maximum Gasteiger partial charge on any atom is 0.277 e. The van der Waals surface area contributed by atoms with Crippen LogP contribution in [0.4, 0.5) is 5.69 Å². The minimum absolute atomic E-state index is 0.0789. The van der Waals surface area contributed by atoms with Crippen molar-refractivity contribution < 1.29 is 4.79 Å². The first kappa shape index (κ1) is 13.2. The second kappa shape index (κ2) is 5.20. The minimum Gasteiger partial charge on any atom is -0.310 e. The zero-order chi connectivity index (χ0) is 13.3. The molecule has 3 nitrogen and oxygen atoms in total. The van der Waals surface area contributed by atoms with Crippen molar-refractivity contribution in [3.63, 3.8) is 0 Å². The number of aromatic nitrogens is 1. The van der Waals surface area contributed by atoms with Gasteiger partial charge in [0.1, 0.15) is 5.69 Å². The van der Waals surface area contributed by atoms with Gasteiger partial charge in [-0.25, -0.2) is 4.98 Å². The van der Waals surface area contributed by atoms with Crippen LogP contribution in [0.3, 0.4) is 0 Å².